The Morgan fingerprint density at radius 2 is 1.91 bits per heavy atom. The molecule has 0 aliphatic carbocycles. The zero-order valence-electron chi connectivity index (χ0n) is 18.5. The van der Waals surface area contributed by atoms with Gasteiger partial charge < -0.3 is 19.7 Å². The Balaban J connectivity index is 1.51. The van der Waals surface area contributed by atoms with E-state index in [1.54, 1.807) is 37.1 Å². The monoisotopic (exact) mass is 448 g/mol. The first kappa shape index (κ1) is 22.3. The summed E-state index contributed by atoms with van der Waals surface area (Å²) in [5, 5.41) is 2.82. The van der Waals surface area contributed by atoms with Crippen molar-refractivity contribution in [3.05, 3.63) is 89.2 Å². The molecule has 4 rings (SSSR count). The van der Waals surface area contributed by atoms with Crippen LogP contribution in [0.4, 0.5) is 10.1 Å². The lowest BCUT2D eigenvalue weighted by molar-refractivity contribution is -0.137. The molecule has 1 atom stereocenters. The first-order chi connectivity index (χ1) is 15.9. The largest absolute Gasteiger partial charge is 0.496 e. The Hall–Kier alpha value is -3.87. The minimum Gasteiger partial charge on any atom is -0.496 e. The number of benzene rings is 3. The van der Waals surface area contributed by atoms with Crippen molar-refractivity contribution in [1.82, 2.24) is 4.90 Å². The van der Waals surface area contributed by atoms with Gasteiger partial charge in [0, 0.05) is 29.9 Å². The van der Waals surface area contributed by atoms with Crippen LogP contribution < -0.4 is 14.8 Å². The average Bonchev–Trinajstić information content (AvgIpc) is 2.94. The number of ether oxygens (including phenoxy) is 2. The number of carbonyl (C=O) groups is 2. The van der Waals surface area contributed by atoms with Gasteiger partial charge in [-0.3, -0.25) is 9.59 Å². The number of rotatable bonds is 6. The number of carbonyl (C=O) groups excluding carboxylic acids is 2. The average molecular weight is 448 g/mol. The normalized spacial score (nSPS) is 15.3. The van der Waals surface area contributed by atoms with E-state index < -0.39 is 11.9 Å². The Kier molecular flexibility index (Phi) is 6.58. The van der Waals surface area contributed by atoms with Crippen LogP contribution in [0, 0.1) is 5.82 Å². The summed E-state index contributed by atoms with van der Waals surface area (Å²) in [7, 11) is 1.63. The van der Waals surface area contributed by atoms with Crippen molar-refractivity contribution in [2.45, 2.75) is 26.0 Å². The van der Waals surface area contributed by atoms with Gasteiger partial charge in [-0.2, -0.15) is 0 Å². The maximum atomic E-state index is 13.1. The molecule has 3 aromatic carbocycles. The number of hydrogen-bond acceptors (Lipinski definition) is 4. The molecule has 6 nitrogen and oxygen atoms in total. The number of nitrogens with zero attached hydrogens (tertiary/aromatic N) is 1. The molecule has 0 saturated carbocycles. The lowest BCUT2D eigenvalue weighted by Crippen LogP contribution is -2.39. The highest BCUT2D eigenvalue weighted by atomic mass is 19.1. The minimum absolute atomic E-state index is 0.0991. The fourth-order valence-electron chi connectivity index (χ4n) is 3.84. The molecule has 0 radical (unpaired) electrons. The van der Waals surface area contributed by atoms with E-state index in [9.17, 15) is 14.0 Å². The highest BCUT2D eigenvalue weighted by molar-refractivity contribution is 6.04. The number of methoxy groups -OCH3 is 1. The van der Waals surface area contributed by atoms with Crippen molar-refractivity contribution in [2.75, 3.05) is 19.0 Å². The summed E-state index contributed by atoms with van der Waals surface area (Å²) in [5.41, 5.74) is 2.74. The van der Waals surface area contributed by atoms with Gasteiger partial charge >= 0.3 is 0 Å². The van der Waals surface area contributed by atoms with E-state index in [0.29, 0.717) is 36.5 Å². The van der Waals surface area contributed by atoms with Crippen LogP contribution in [0.15, 0.2) is 66.7 Å². The molecule has 0 bridgehead atoms. The van der Waals surface area contributed by atoms with Gasteiger partial charge in [0.1, 0.15) is 17.3 Å². The highest BCUT2D eigenvalue weighted by Gasteiger charge is 2.28. The smallest absolute Gasteiger partial charge is 0.263 e. The van der Waals surface area contributed by atoms with Gasteiger partial charge in [0.15, 0.2) is 6.10 Å². The third-order valence-electron chi connectivity index (χ3n) is 5.59. The third-order valence-corrected chi connectivity index (χ3v) is 5.59. The van der Waals surface area contributed by atoms with Crippen LogP contribution >= 0.6 is 0 Å². The molecule has 1 aliphatic heterocycles. The van der Waals surface area contributed by atoms with E-state index in [-0.39, 0.29) is 11.8 Å². The predicted octanol–water partition coefficient (Wildman–Crippen LogP) is 4.44. The summed E-state index contributed by atoms with van der Waals surface area (Å²) in [5.74, 6) is 0.548. The zero-order chi connectivity index (χ0) is 23.4. The number of amides is 2. The summed E-state index contributed by atoms with van der Waals surface area (Å²) in [6.45, 7) is 2.59. The number of halogens is 1. The summed E-state index contributed by atoms with van der Waals surface area (Å²) in [6.07, 6.45) is 0.0160. The van der Waals surface area contributed by atoms with E-state index in [2.05, 4.69) is 5.32 Å². The van der Waals surface area contributed by atoms with Gasteiger partial charge in [-0.05, 0) is 67.4 Å². The van der Waals surface area contributed by atoms with E-state index in [1.165, 1.54) is 24.3 Å². The van der Waals surface area contributed by atoms with Gasteiger partial charge in [0.2, 0.25) is 0 Å². The van der Waals surface area contributed by atoms with E-state index in [1.807, 2.05) is 24.3 Å². The zero-order valence-corrected chi connectivity index (χ0v) is 18.5. The Labute approximate surface area is 191 Å². The number of nitrogens with one attached hydrogen (secondary N) is 1. The molecule has 2 amide bonds. The third kappa shape index (κ3) is 5.14. The first-order valence-electron chi connectivity index (χ1n) is 10.7. The molecule has 1 aliphatic rings. The summed E-state index contributed by atoms with van der Waals surface area (Å²) < 4.78 is 24.4. The molecule has 33 heavy (non-hydrogen) atoms. The Bertz CT molecular complexity index is 1160. The second kappa shape index (κ2) is 9.73. The van der Waals surface area contributed by atoms with Gasteiger partial charge in [0.25, 0.3) is 11.8 Å². The molecule has 7 heteroatoms. The molecule has 0 saturated heterocycles. The molecular formula is C26H25FN2O4. The number of hydrogen-bond donors (Lipinski definition) is 1. The Morgan fingerprint density at radius 3 is 2.67 bits per heavy atom. The lowest BCUT2D eigenvalue weighted by atomic mass is 10.1. The molecule has 1 heterocycles. The quantitative estimate of drug-likeness (QED) is 0.606. The van der Waals surface area contributed by atoms with Gasteiger partial charge in [0.05, 0.1) is 7.11 Å². The maximum Gasteiger partial charge on any atom is 0.263 e. The van der Waals surface area contributed by atoms with Crippen LogP contribution in [0.1, 0.15) is 28.4 Å². The lowest BCUT2D eigenvalue weighted by Gasteiger charge is -2.22. The predicted molar refractivity (Wildman–Crippen MR) is 123 cm³/mol. The minimum atomic E-state index is -0.622. The van der Waals surface area contributed by atoms with E-state index in [4.69, 9.17) is 9.47 Å². The number of para-hydroxylation sites is 1. The van der Waals surface area contributed by atoms with Crippen LogP contribution in [0.2, 0.25) is 0 Å². The first-order valence-corrected chi connectivity index (χ1v) is 10.7. The van der Waals surface area contributed by atoms with Gasteiger partial charge in [-0.1, -0.05) is 18.2 Å². The molecule has 1 unspecified atom stereocenters. The molecular weight excluding hydrogens is 423 g/mol. The van der Waals surface area contributed by atoms with E-state index in [0.717, 1.165) is 16.9 Å². The summed E-state index contributed by atoms with van der Waals surface area (Å²) in [4.78, 5) is 27.2. The fraction of sp³-hybridized carbons (Fsp3) is 0.231. The van der Waals surface area contributed by atoms with Crippen molar-refractivity contribution in [3.8, 4) is 11.5 Å². The van der Waals surface area contributed by atoms with Crippen molar-refractivity contribution >= 4 is 17.5 Å². The highest BCUT2D eigenvalue weighted by Crippen LogP contribution is 2.29. The van der Waals surface area contributed by atoms with Crippen LogP contribution in [0.3, 0.4) is 0 Å². The topological polar surface area (TPSA) is 67.9 Å². The van der Waals surface area contributed by atoms with Crippen molar-refractivity contribution in [2.24, 2.45) is 0 Å². The molecule has 170 valence electrons. The van der Waals surface area contributed by atoms with Crippen LogP contribution in [-0.4, -0.2) is 36.5 Å². The van der Waals surface area contributed by atoms with Crippen LogP contribution in [0.5, 0.6) is 11.5 Å². The number of anilines is 1. The standard InChI is InChI=1S/C26H25FN2O4/c1-17-26(31)29(14-13-18-5-3-4-6-23(18)32-2)16-20-15-22(11-12-24(20)33-17)28-25(30)19-7-9-21(27)10-8-19/h3-12,15,17H,13-14,16H2,1-2H3,(H,28,30). The van der Waals surface area contributed by atoms with Crippen LogP contribution in [-0.2, 0) is 17.8 Å². The fourth-order valence-corrected chi connectivity index (χ4v) is 3.84. The van der Waals surface area contributed by atoms with E-state index >= 15 is 0 Å². The summed E-state index contributed by atoms with van der Waals surface area (Å²) in [6, 6.07) is 18.4. The summed E-state index contributed by atoms with van der Waals surface area (Å²) >= 11 is 0. The Morgan fingerprint density at radius 1 is 1.15 bits per heavy atom. The molecule has 0 fully saturated rings. The SMILES string of the molecule is COc1ccccc1CCN1Cc2cc(NC(=O)c3ccc(F)cc3)ccc2OC(C)C1=O. The van der Waals surface area contributed by atoms with Gasteiger partial charge in [-0.25, -0.2) is 4.39 Å². The van der Waals surface area contributed by atoms with Gasteiger partial charge in [-0.15, -0.1) is 0 Å². The molecule has 0 aromatic heterocycles. The van der Waals surface area contributed by atoms with Crippen molar-refractivity contribution in [3.63, 3.8) is 0 Å². The maximum absolute atomic E-state index is 13.1. The van der Waals surface area contributed by atoms with Crippen molar-refractivity contribution in [1.29, 1.82) is 0 Å². The molecule has 1 N–H and O–H groups in total. The second-order valence-corrected chi connectivity index (χ2v) is 7.87. The molecule has 0 spiro atoms. The molecule has 3 aromatic rings. The second-order valence-electron chi connectivity index (χ2n) is 7.87. The van der Waals surface area contributed by atoms with Crippen molar-refractivity contribution < 1.29 is 23.5 Å². The van der Waals surface area contributed by atoms with Crippen LogP contribution in [0.25, 0.3) is 0 Å². The number of fused-ring (bicyclic) bond motifs is 1.